The van der Waals surface area contributed by atoms with E-state index >= 15 is 0 Å². The van der Waals surface area contributed by atoms with Gasteiger partial charge >= 0.3 is 6.01 Å². The Morgan fingerprint density at radius 1 is 1.40 bits per heavy atom. The fourth-order valence-corrected chi connectivity index (χ4v) is 1.24. The molecule has 1 aromatic heterocycles. The van der Waals surface area contributed by atoms with E-state index in [2.05, 4.69) is 15.5 Å². The van der Waals surface area contributed by atoms with Crippen molar-refractivity contribution in [2.24, 2.45) is 0 Å². The zero-order valence-electron chi connectivity index (χ0n) is 8.20. The first-order valence-corrected chi connectivity index (χ1v) is 4.53. The van der Waals surface area contributed by atoms with Gasteiger partial charge in [0.2, 0.25) is 0 Å². The first-order chi connectivity index (χ1) is 7.29. The van der Waals surface area contributed by atoms with Crippen molar-refractivity contribution in [3.63, 3.8) is 0 Å². The molecule has 0 bridgehead atoms. The molecule has 1 heterocycles. The van der Waals surface area contributed by atoms with Crippen LogP contribution >= 0.6 is 0 Å². The molecule has 0 radical (unpaired) electrons. The predicted molar refractivity (Wildman–Crippen MR) is 53.1 cm³/mol. The van der Waals surface area contributed by atoms with Crippen LogP contribution in [0.15, 0.2) is 28.8 Å². The molecule has 78 valence electrons. The Labute approximate surface area is 86.1 Å². The van der Waals surface area contributed by atoms with Gasteiger partial charge in [0.05, 0.1) is 0 Å². The standard InChI is InChI=1S/C10H10FN3O/c1-12-10-13-9(14-15-10)6-7-4-2-3-5-8(7)11/h2-5H,6H2,1H3,(H,12,13,14). The number of nitrogens with zero attached hydrogens (tertiary/aromatic N) is 2. The second-order valence-electron chi connectivity index (χ2n) is 3.03. The van der Waals surface area contributed by atoms with Crippen LogP contribution in [0.5, 0.6) is 0 Å². The summed E-state index contributed by atoms with van der Waals surface area (Å²) < 4.78 is 18.1. The van der Waals surface area contributed by atoms with Gasteiger partial charge in [-0.1, -0.05) is 23.4 Å². The third-order valence-electron chi connectivity index (χ3n) is 1.99. The van der Waals surface area contributed by atoms with Crippen LogP contribution in [0.25, 0.3) is 0 Å². The van der Waals surface area contributed by atoms with Crippen molar-refractivity contribution in [2.75, 3.05) is 12.4 Å². The number of rotatable bonds is 3. The van der Waals surface area contributed by atoms with Gasteiger partial charge in [-0.2, -0.15) is 4.98 Å². The van der Waals surface area contributed by atoms with Crippen molar-refractivity contribution >= 4 is 6.01 Å². The lowest BCUT2D eigenvalue weighted by Crippen LogP contribution is -1.94. The molecule has 0 aliphatic heterocycles. The molecule has 0 saturated carbocycles. The molecule has 0 unspecified atom stereocenters. The van der Waals surface area contributed by atoms with Crippen LogP contribution in [0.1, 0.15) is 11.4 Å². The number of benzene rings is 1. The molecule has 1 aromatic carbocycles. The summed E-state index contributed by atoms with van der Waals surface area (Å²) in [7, 11) is 1.68. The van der Waals surface area contributed by atoms with E-state index in [0.717, 1.165) is 0 Å². The second-order valence-corrected chi connectivity index (χ2v) is 3.03. The Kier molecular flexibility index (Phi) is 2.62. The Bertz CT molecular complexity index is 455. The minimum Gasteiger partial charge on any atom is -0.341 e. The minimum atomic E-state index is -0.256. The first-order valence-electron chi connectivity index (χ1n) is 4.53. The van der Waals surface area contributed by atoms with Crippen LogP contribution < -0.4 is 5.32 Å². The van der Waals surface area contributed by atoms with E-state index in [4.69, 9.17) is 4.52 Å². The molecule has 4 nitrogen and oxygen atoms in total. The van der Waals surface area contributed by atoms with E-state index in [9.17, 15) is 4.39 Å². The van der Waals surface area contributed by atoms with E-state index in [1.165, 1.54) is 6.07 Å². The van der Waals surface area contributed by atoms with Crippen molar-refractivity contribution in [3.8, 4) is 0 Å². The molecule has 0 fully saturated rings. The average Bonchev–Trinajstić information content (AvgIpc) is 2.69. The largest absolute Gasteiger partial charge is 0.341 e. The molecule has 1 N–H and O–H groups in total. The van der Waals surface area contributed by atoms with Gasteiger partial charge in [-0.25, -0.2) is 4.39 Å². The third kappa shape index (κ3) is 2.12. The molecule has 5 heteroatoms. The van der Waals surface area contributed by atoms with Gasteiger partial charge in [0.25, 0.3) is 0 Å². The van der Waals surface area contributed by atoms with Crippen LogP contribution in [0, 0.1) is 5.82 Å². The van der Waals surface area contributed by atoms with E-state index in [0.29, 0.717) is 23.8 Å². The van der Waals surface area contributed by atoms with Crippen LogP contribution in [-0.4, -0.2) is 17.2 Å². The van der Waals surface area contributed by atoms with E-state index < -0.39 is 0 Å². The van der Waals surface area contributed by atoms with Gasteiger partial charge in [0.1, 0.15) is 5.82 Å². The average molecular weight is 207 g/mol. The van der Waals surface area contributed by atoms with Crippen molar-refractivity contribution in [1.29, 1.82) is 0 Å². The Morgan fingerprint density at radius 3 is 2.87 bits per heavy atom. The zero-order chi connectivity index (χ0) is 10.7. The summed E-state index contributed by atoms with van der Waals surface area (Å²) in [5.74, 6) is 0.206. The maximum absolute atomic E-state index is 13.3. The number of anilines is 1. The minimum absolute atomic E-state index is 0.256. The smallest absolute Gasteiger partial charge is 0.321 e. The van der Waals surface area contributed by atoms with Gasteiger partial charge in [0.15, 0.2) is 5.82 Å². The lowest BCUT2D eigenvalue weighted by Gasteiger charge is -1.97. The first kappa shape index (κ1) is 9.64. The lowest BCUT2D eigenvalue weighted by atomic mass is 10.1. The van der Waals surface area contributed by atoms with E-state index in [-0.39, 0.29) is 5.82 Å². The highest BCUT2D eigenvalue weighted by Crippen LogP contribution is 2.12. The van der Waals surface area contributed by atoms with Gasteiger partial charge in [-0.15, -0.1) is 0 Å². The van der Waals surface area contributed by atoms with Crippen molar-refractivity contribution in [1.82, 2.24) is 10.1 Å². The van der Waals surface area contributed by atoms with Gasteiger partial charge in [0, 0.05) is 13.5 Å². The number of nitrogens with one attached hydrogen (secondary N) is 1. The monoisotopic (exact) mass is 207 g/mol. The quantitative estimate of drug-likeness (QED) is 0.834. The molecular weight excluding hydrogens is 197 g/mol. The lowest BCUT2D eigenvalue weighted by molar-refractivity contribution is 0.425. The summed E-state index contributed by atoms with van der Waals surface area (Å²) in [5, 5.41) is 6.42. The predicted octanol–water partition coefficient (Wildman–Crippen LogP) is 1.84. The van der Waals surface area contributed by atoms with Crippen molar-refractivity contribution in [2.45, 2.75) is 6.42 Å². The summed E-state index contributed by atoms with van der Waals surface area (Å²) in [5.41, 5.74) is 0.556. The molecule has 2 rings (SSSR count). The maximum atomic E-state index is 13.3. The number of hydrogen-bond donors (Lipinski definition) is 1. The summed E-state index contributed by atoms with van der Waals surface area (Å²) >= 11 is 0. The van der Waals surface area contributed by atoms with E-state index in [1.54, 1.807) is 25.2 Å². The molecule has 0 saturated heterocycles. The van der Waals surface area contributed by atoms with Gasteiger partial charge < -0.3 is 9.84 Å². The highest BCUT2D eigenvalue weighted by molar-refractivity contribution is 5.23. The third-order valence-corrected chi connectivity index (χ3v) is 1.99. The normalized spacial score (nSPS) is 10.3. The molecular formula is C10H10FN3O. The number of aromatic nitrogens is 2. The highest BCUT2D eigenvalue weighted by Gasteiger charge is 2.08. The molecule has 15 heavy (non-hydrogen) atoms. The fraction of sp³-hybridized carbons (Fsp3) is 0.200. The molecule has 2 aromatic rings. The van der Waals surface area contributed by atoms with Crippen LogP contribution in [0.3, 0.4) is 0 Å². The molecule has 0 aliphatic rings. The van der Waals surface area contributed by atoms with Crippen molar-refractivity contribution < 1.29 is 8.91 Å². The Balaban J connectivity index is 2.18. The zero-order valence-corrected chi connectivity index (χ0v) is 8.20. The van der Waals surface area contributed by atoms with Gasteiger partial charge in [-0.3, -0.25) is 0 Å². The number of halogens is 1. The Morgan fingerprint density at radius 2 is 2.20 bits per heavy atom. The number of hydrogen-bond acceptors (Lipinski definition) is 4. The summed E-state index contributed by atoms with van der Waals surface area (Å²) in [4.78, 5) is 4.01. The molecule has 0 atom stereocenters. The summed E-state index contributed by atoms with van der Waals surface area (Å²) in [6, 6.07) is 6.87. The molecule has 0 amide bonds. The van der Waals surface area contributed by atoms with Crippen LogP contribution in [-0.2, 0) is 6.42 Å². The SMILES string of the molecule is CNc1nc(Cc2ccccc2F)no1. The van der Waals surface area contributed by atoms with Crippen LogP contribution in [0.4, 0.5) is 10.4 Å². The maximum Gasteiger partial charge on any atom is 0.321 e. The summed E-state index contributed by atoms with van der Waals surface area (Å²) in [6.07, 6.45) is 0.331. The van der Waals surface area contributed by atoms with Gasteiger partial charge in [-0.05, 0) is 11.6 Å². The molecule has 0 spiro atoms. The van der Waals surface area contributed by atoms with E-state index in [1.807, 2.05) is 0 Å². The fourth-order valence-electron chi connectivity index (χ4n) is 1.24. The Hall–Kier alpha value is -1.91. The van der Waals surface area contributed by atoms with Crippen molar-refractivity contribution in [3.05, 3.63) is 41.5 Å². The molecule has 0 aliphatic carbocycles. The highest BCUT2D eigenvalue weighted by atomic mass is 19.1. The van der Waals surface area contributed by atoms with Crippen LogP contribution in [0.2, 0.25) is 0 Å². The topological polar surface area (TPSA) is 51.0 Å². The second kappa shape index (κ2) is 4.08. The summed E-state index contributed by atoms with van der Waals surface area (Å²) in [6.45, 7) is 0.